The van der Waals surface area contributed by atoms with Gasteiger partial charge in [-0.3, -0.25) is 4.79 Å². The lowest BCUT2D eigenvalue weighted by molar-refractivity contribution is -0.134. The fourth-order valence-electron chi connectivity index (χ4n) is 3.67. The van der Waals surface area contributed by atoms with Gasteiger partial charge in [-0.1, -0.05) is 42.5 Å². The molecule has 1 fully saturated rings. The number of hydrogen-bond acceptors (Lipinski definition) is 3. The molecule has 2 aromatic rings. The largest absolute Gasteiger partial charge is 0.368 e. The van der Waals surface area contributed by atoms with Gasteiger partial charge in [-0.2, -0.15) is 0 Å². The summed E-state index contributed by atoms with van der Waals surface area (Å²) in [4.78, 5) is 17.2. The minimum Gasteiger partial charge on any atom is -0.368 e. The third kappa shape index (κ3) is 4.32. The highest BCUT2D eigenvalue weighted by Gasteiger charge is 2.29. The first-order chi connectivity index (χ1) is 11.8. The fourth-order valence-corrected chi connectivity index (χ4v) is 3.67. The maximum Gasteiger partial charge on any atom is 0.240 e. The first kappa shape index (κ1) is 20.6. The number of benzene rings is 2. The second-order valence-electron chi connectivity index (χ2n) is 6.55. The van der Waals surface area contributed by atoms with Gasteiger partial charge in [0.2, 0.25) is 5.91 Å². The Morgan fingerprint density at radius 2 is 1.46 bits per heavy atom. The van der Waals surface area contributed by atoms with Gasteiger partial charge >= 0.3 is 0 Å². The van der Waals surface area contributed by atoms with Crippen LogP contribution in [0.15, 0.2) is 54.6 Å². The maximum absolute atomic E-state index is 12.9. The number of halogens is 2. The Hall–Kier alpha value is -1.75. The molecular weight excluding hydrogens is 369 g/mol. The van der Waals surface area contributed by atoms with Gasteiger partial charge in [0, 0.05) is 38.4 Å². The number of para-hydroxylation sites is 1. The molecule has 1 amide bonds. The van der Waals surface area contributed by atoms with Crippen molar-refractivity contribution in [2.45, 2.75) is 19.0 Å². The van der Waals surface area contributed by atoms with Gasteiger partial charge in [0.05, 0.1) is 6.04 Å². The van der Waals surface area contributed by atoms with Gasteiger partial charge in [-0.25, -0.2) is 0 Å². The lowest BCUT2D eigenvalue weighted by Gasteiger charge is -2.38. The Bertz CT molecular complexity index is 718. The predicted octanol–water partition coefficient (Wildman–Crippen LogP) is 2.89. The molecule has 0 radical (unpaired) electrons. The molecule has 4 nitrogen and oxygen atoms in total. The Morgan fingerprint density at radius 1 is 0.846 bits per heavy atom. The number of piperazine rings is 1. The molecule has 1 unspecified atom stereocenters. The van der Waals surface area contributed by atoms with Crippen molar-refractivity contribution in [1.29, 1.82) is 0 Å². The van der Waals surface area contributed by atoms with Crippen LogP contribution in [0, 0.1) is 0 Å². The van der Waals surface area contributed by atoms with Gasteiger partial charge in [-0.15, -0.1) is 24.8 Å². The molecule has 140 valence electrons. The van der Waals surface area contributed by atoms with Crippen molar-refractivity contribution in [2.24, 2.45) is 0 Å². The minimum absolute atomic E-state index is 0. The van der Waals surface area contributed by atoms with E-state index in [1.165, 1.54) is 16.8 Å². The molecule has 2 heterocycles. The summed E-state index contributed by atoms with van der Waals surface area (Å²) in [5.74, 6) is 0.247. The van der Waals surface area contributed by atoms with E-state index in [2.05, 4.69) is 58.7 Å². The molecule has 4 rings (SSSR count). The van der Waals surface area contributed by atoms with Crippen molar-refractivity contribution in [2.75, 3.05) is 31.1 Å². The van der Waals surface area contributed by atoms with E-state index in [-0.39, 0.29) is 36.8 Å². The van der Waals surface area contributed by atoms with Crippen LogP contribution in [0.1, 0.15) is 11.1 Å². The summed E-state index contributed by atoms with van der Waals surface area (Å²) >= 11 is 0. The van der Waals surface area contributed by atoms with Crippen LogP contribution >= 0.6 is 24.8 Å². The van der Waals surface area contributed by atoms with E-state index < -0.39 is 0 Å². The first-order valence-corrected chi connectivity index (χ1v) is 8.70. The Kier molecular flexibility index (Phi) is 7.33. The summed E-state index contributed by atoms with van der Waals surface area (Å²) in [6.07, 6.45) is 0.800. The summed E-state index contributed by atoms with van der Waals surface area (Å²) in [5.41, 5.74) is 3.86. The summed E-state index contributed by atoms with van der Waals surface area (Å²) in [7, 11) is 0. The van der Waals surface area contributed by atoms with Gasteiger partial charge in [-0.05, 0) is 29.7 Å². The normalized spacial score (nSPS) is 19.0. The highest BCUT2D eigenvalue weighted by atomic mass is 35.5. The molecule has 2 aliphatic heterocycles. The number of carbonyl (C=O) groups is 1. The molecule has 6 heteroatoms. The van der Waals surface area contributed by atoms with Crippen LogP contribution in [0.5, 0.6) is 0 Å². The molecule has 26 heavy (non-hydrogen) atoms. The molecule has 0 aliphatic carbocycles. The smallest absolute Gasteiger partial charge is 0.240 e. The van der Waals surface area contributed by atoms with Crippen molar-refractivity contribution in [3.05, 3.63) is 65.7 Å². The van der Waals surface area contributed by atoms with E-state index in [4.69, 9.17) is 0 Å². The summed E-state index contributed by atoms with van der Waals surface area (Å²) in [5, 5.41) is 3.41. The van der Waals surface area contributed by atoms with E-state index in [1.807, 2.05) is 11.0 Å². The zero-order chi connectivity index (χ0) is 16.4. The summed E-state index contributed by atoms with van der Waals surface area (Å²) in [6.45, 7) is 4.19. The molecule has 0 bridgehead atoms. The van der Waals surface area contributed by atoms with E-state index in [9.17, 15) is 4.79 Å². The average molecular weight is 394 g/mol. The van der Waals surface area contributed by atoms with Gasteiger partial charge in [0.15, 0.2) is 0 Å². The Labute approximate surface area is 167 Å². The zero-order valence-electron chi connectivity index (χ0n) is 14.6. The minimum atomic E-state index is -0.0804. The third-order valence-corrected chi connectivity index (χ3v) is 5.09. The molecule has 1 saturated heterocycles. The lowest BCUT2D eigenvalue weighted by atomic mass is 9.95. The van der Waals surface area contributed by atoms with Crippen LogP contribution in [0.4, 0.5) is 5.69 Å². The molecule has 2 aliphatic rings. The van der Waals surface area contributed by atoms with Crippen LogP contribution in [-0.2, 0) is 17.8 Å². The summed E-state index contributed by atoms with van der Waals surface area (Å²) < 4.78 is 0. The number of anilines is 1. The van der Waals surface area contributed by atoms with Crippen molar-refractivity contribution in [3.63, 3.8) is 0 Å². The van der Waals surface area contributed by atoms with Crippen molar-refractivity contribution >= 4 is 36.4 Å². The molecule has 1 atom stereocenters. The number of hydrogen-bond donors (Lipinski definition) is 1. The molecule has 0 aromatic heterocycles. The zero-order valence-corrected chi connectivity index (χ0v) is 16.3. The van der Waals surface area contributed by atoms with Crippen LogP contribution in [0.3, 0.4) is 0 Å². The molecule has 0 spiro atoms. The van der Waals surface area contributed by atoms with E-state index in [1.54, 1.807) is 0 Å². The topological polar surface area (TPSA) is 35.6 Å². The van der Waals surface area contributed by atoms with Crippen molar-refractivity contribution < 1.29 is 4.79 Å². The number of carbonyl (C=O) groups excluding carboxylic acids is 1. The van der Waals surface area contributed by atoms with Crippen LogP contribution in [0.25, 0.3) is 0 Å². The van der Waals surface area contributed by atoms with Crippen LogP contribution < -0.4 is 10.2 Å². The molecular formula is C20H25Cl2N3O. The monoisotopic (exact) mass is 393 g/mol. The van der Waals surface area contributed by atoms with E-state index >= 15 is 0 Å². The number of amides is 1. The Morgan fingerprint density at radius 3 is 2.15 bits per heavy atom. The van der Waals surface area contributed by atoms with Crippen molar-refractivity contribution in [3.8, 4) is 0 Å². The van der Waals surface area contributed by atoms with E-state index in [0.717, 1.165) is 39.1 Å². The number of nitrogens with one attached hydrogen (secondary N) is 1. The second-order valence-corrected chi connectivity index (χ2v) is 6.55. The average Bonchev–Trinajstić information content (AvgIpc) is 2.68. The Balaban J connectivity index is 0.00000121. The first-order valence-electron chi connectivity index (χ1n) is 8.70. The van der Waals surface area contributed by atoms with Crippen molar-refractivity contribution in [1.82, 2.24) is 10.2 Å². The van der Waals surface area contributed by atoms with Crippen LogP contribution in [-0.4, -0.2) is 43.0 Å². The fraction of sp³-hybridized carbons (Fsp3) is 0.350. The van der Waals surface area contributed by atoms with Gasteiger partial charge < -0.3 is 15.1 Å². The van der Waals surface area contributed by atoms with Crippen LogP contribution in [0.2, 0.25) is 0 Å². The highest BCUT2D eigenvalue weighted by molar-refractivity contribution is 5.85. The standard InChI is InChI=1S/C20H23N3O.2ClH/c24-20(19-14-16-6-4-5-7-17(16)15-21-19)23-12-10-22(11-13-23)18-8-2-1-3-9-18;;/h1-9,19,21H,10-15H2;2*1H. The third-order valence-electron chi connectivity index (χ3n) is 5.09. The number of rotatable bonds is 2. The molecule has 1 N–H and O–H groups in total. The van der Waals surface area contributed by atoms with Gasteiger partial charge in [0.1, 0.15) is 0 Å². The summed E-state index contributed by atoms with van der Waals surface area (Å²) in [6, 6.07) is 18.8. The number of fused-ring (bicyclic) bond motifs is 1. The highest BCUT2D eigenvalue weighted by Crippen LogP contribution is 2.19. The SMILES string of the molecule is Cl.Cl.O=C(C1Cc2ccccc2CN1)N1CCN(c2ccccc2)CC1. The second kappa shape index (κ2) is 9.26. The lowest BCUT2D eigenvalue weighted by Crippen LogP contribution is -2.55. The van der Waals surface area contributed by atoms with Gasteiger partial charge in [0.25, 0.3) is 0 Å². The quantitative estimate of drug-likeness (QED) is 0.851. The maximum atomic E-state index is 12.9. The number of nitrogens with zero attached hydrogens (tertiary/aromatic N) is 2. The predicted molar refractivity (Wildman–Crippen MR) is 111 cm³/mol. The van der Waals surface area contributed by atoms with E-state index in [0.29, 0.717) is 0 Å². The molecule has 0 saturated carbocycles. The molecule has 2 aromatic carbocycles.